The first-order chi connectivity index (χ1) is 5.46. The Morgan fingerprint density at radius 2 is 1.08 bits per heavy atom. The molecule has 0 fully saturated rings. The van der Waals surface area contributed by atoms with Gasteiger partial charge in [0.25, 0.3) is 0 Å². The quantitative estimate of drug-likeness (QED) is 0.125. The van der Waals surface area contributed by atoms with Gasteiger partial charge < -0.3 is 0 Å². The molecule has 0 aliphatic rings. The first-order valence-corrected chi connectivity index (χ1v) is 5.62. The summed E-state index contributed by atoms with van der Waals surface area (Å²) in [4.78, 5) is 0. The molecule has 0 aliphatic carbocycles. The van der Waals surface area contributed by atoms with E-state index in [-0.39, 0.29) is 11.9 Å². The zero-order chi connectivity index (χ0) is 11.7. The average Bonchev–Trinajstić information content (AvgIpc) is 1.50. The molecule has 13 heavy (non-hydrogen) atoms. The summed E-state index contributed by atoms with van der Waals surface area (Å²) in [7, 11) is 0. The van der Waals surface area contributed by atoms with Crippen LogP contribution in [0.5, 0.6) is 0 Å². The van der Waals surface area contributed by atoms with E-state index in [4.69, 9.17) is 16.0 Å². The molecule has 0 saturated carbocycles. The van der Waals surface area contributed by atoms with E-state index < -0.39 is 14.5 Å². The number of hydrogen-bond acceptors (Lipinski definition) is 3. The van der Waals surface area contributed by atoms with Crippen molar-refractivity contribution in [1.82, 2.24) is 0 Å². The summed E-state index contributed by atoms with van der Waals surface area (Å²) in [5, 5.41) is 9.17. The van der Waals surface area contributed by atoms with Gasteiger partial charge in [-0.1, -0.05) is 0 Å². The molecule has 0 saturated heterocycles. The third-order valence-corrected chi connectivity index (χ3v) is 0. The molecule has 0 bridgehead atoms. The van der Waals surface area contributed by atoms with E-state index in [0.717, 1.165) is 0 Å². The minimum atomic E-state index is -5.62. The van der Waals surface area contributed by atoms with Crippen molar-refractivity contribution >= 4 is 26.4 Å². The predicted octanol–water partition coefficient (Wildman–Crippen LogP) is -9.40. The summed E-state index contributed by atoms with van der Waals surface area (Å²) in [5.74, 6) is -0.167. The van der Waals surface area contributed by atoms with Crippen molar-refractivity contribution in [2.24, 2.45) is 22.9 Å². The fraction of sp³-hybridized carbons (Fsp3) is 0. The van der Waals surface area contributed by atoms with Crippen LogP contribution in [-0.2, 0) is 3.74 Å². The Labute approximate surface area is 76.9 Å². The van der Waals surface area contributed by atoms with Crippen molar-refractivity contribution in [1.29, 1.82) is 0 Å². The van der Waals surface area contributed by atoms with Crippen LogP contribution in [0.2, 0.25) is 0 Å². The minimum absolute atomic E-state index is 0.0833. The number of hydrogen-bond donors (Lipinski definition) is 7. The topological polar surface area (TPSA) is 239 Å². The van der Waals surface area contributed by atoms with E-state index in [1.54, 1.807) is 0 Å². The van der Waals surface area contributed by atoms with Crippen LogP contribution in [0.1, 0.15) is 0 Å². The zero-order valence-electron chi connectivity index (χ0n) is 6.58. The normalized spacial score (nSPS) is 8.23. The van der Waals surface area contributed by atoms with Crippen molar-refractivity contribution in [3.8, 4) is 0 Å². The second-order valence-electron chi connectivity index (χ2n) is 1.47. The summed E-state index contributed by atoms with van der Waals surface area (Å²) in [6, 6.07) is 0. The molecule has 0 atom stereocenters. The average molecular weight is 260 g/mol. The van der Waals surface area contributed by atoms with E-state index >= 15 is 0 Å². The van der Waals surface area contributed by atoms with Gasteiger partial charge in [-0.2, -0.15) is 0 Å². The van der Waals surface area contributed by atoms with Crippen molar-refractivity contribution in [3.05, 3.63) is 0 Å². The van der Waals surface area contributed by atoms with Gasteiger partial charge >= 0.3 is 42.5 Å². The number of rotatable bonds is 0. The maximum atomic E-state index is 8.72. The molecule has 0 unspecified atom stereocenters. The molecular weight excluding hydrogens is 247 g/mol. The molecule has 0 radical (unpaired) electrons. The molecule has 11 heteroatoms. The zero-order valence-corrected chi connectivity index (χ0v) is 8.46. The molecule has 10 nitrogen and oxygen atoms in total. The predicted molar refractivity (Wildman–Crippen MR) is 39.3 cm³/mol. The SMILES string of the molecule is NC(N)=[NH2+].NC(N)=[NH2+].O=[As]([O-])([O-])O. The van der Waals surface area contributed by atoms with Crippen LogP contribution in [0.4, 0.5) is 0 Å². The Hall–Kier alpha value is -1.22. The third-order valence-electron chi connectivity index (χ3n) is 0. The maximum absolute atomic E-state index is 8.72. The summed E-state index contributed by atoms with van der Waals surface area (Å²) in [6.45, 7) is 0. The molecule has 13 N–H and O–H groups in total. The van der Waals surface area contributed by atoms with Gasteiger partial charge in [0.15, 0.2) is 0 Å². The van der Waals surface area contributed by atoms with Crippen molar-refractivity contribution in [2.45, 2.75) is 0 Å². The second kappa shape index (κ2) is 8.87. The monoisotopic (exact) mass is 260 g/mol. The molecule has 0 heterocycles. The summed E-state index contributed by atoms with van der Waals surface area (Å²) in [6.07, 6.45) is 0. The van der Waals surface area contributed by atoms with Crippen molar-refractivity contribution in [2.75, 3.05) is 0 Å². The Morgan fingerprint density at radius 3 is 1.08 bits per heavy atom. The Kier molecular flexibility index (Phi) is 12.1. The van der Waals surface area contributed by atoms with Crippen LogP contribution in [0.25, 0.3) is 0 Å². The molecule has 0 aromatic rings. The van der Waals surface area contributed by atoms with Crippen LogP contribution in [-0.4, -0.2) is 30.5 Å². The molecule has 0 aromatic heterocycles. The first-order valence-electron chi connectivity index (χ1n) is 2.48. The Balaban J connectivity index is -0.000000117. The van der Waals surface area contributed by atoms with Crippen LogP contribution in [0, 0.1) is 0 Å². The van der Waals surface area contributed by atoms with Crippen LogP contribution in [0.3, 0.4) is 0 Å². The number of guanidine groups is 2. The van der Waals surface area contributed by atoms with E-state index in [0.29, 0.717) is 0 Å². The summed E-state index contributed by atoms with van der Waals surface area (Å²) >= 11 is -5.62. The van der Waals surface area contributed by atoms with Gasteiger partial charge in [0.2, 0.25) is 0 Å². The van der Waals surface area contributed by atoms with Crippen molar-refractivity contribution < 1.29 is 26.8 Å². The van der Waals surface area contributed by atoms with Gasteiger partial charge in [0.1, 0.15) is 0 Å². The van der Waals surface area contributed by atoms with Crippen molar-refractivity contribution in [3.63, 3.8) is 0 Å². The number of nitrogens with two attached hydrogens (primary N) is 6. The Morgan fingerprint density at radius 1 is 1.08 bits per heavy atom. The molecule has 0 aromatic carbocycles. The summed E-state index contributed by atoms with van der Waals surface area (Å²) in [5.41, 5.74) is 18.3. The fourth-order valence-corrected chi connectivity index (χ4v) is 0. The molecule has 80 valence electrons. The second-order valence-corrected chi connectivity index (χ2v) is 3.43. The molecule has 0 amide bonds. The van der Waals surface area contributed by atoms with E-state index in [1.165, 1.54) is 0 Å². The van der Waals surface area contributed by atoms with E-state index in [9.17, 15) is 0 Å². The van der Waals surface area contributed by atoms with Gasteiger partial charge in [-0.05, 0) is 0 Å². The van der Waals surface area contributed by atoms with Gasteiger partial charge in [-0.15, -0.1) is 0 Å². The fourth-order valence-electron chi connectivity index (χ4n) is 0. The standard InChI is InChI=1S/2CH5N3.AsH3O4/c2*2-1(3)4;2-1(3,4)5/h2*(H5,2,3,4);(H3,2,3,4,5). The third kappa shape index (κ3) is 557. The van der Waals surface area contributed by atoms with Gasteiger partial charge in [-0.25, -0.2) is 0 Å². The molecule has 0 spiro atoms. The first kappa shape index (κ1) is 17.8. The van der Waals surface area contributed by atoms with E-state index in [1.807, 2.05) is 0 Å². The van der Waals surface area contributed by atoms with Gasteiger partial charge in [0.05, 0.1) is 0 Å². The van der Waals surface area contributed by atoms with Crippen LogP contribution < -0.4 is 41.9 Å². The van der Waals surface area contributed by atoms with Gasteiger partial charge in [-0.3, -0.25) is 33.8 Å². The molecular formula is C2H13AsN6O4. The molecule has 0 aliphatic heterocycles. The van der Waals surface area contributed by atoms with E-state index in [2.05, 4.69) is 33.8 Å². The van der Waals surface area contributed by atoms with Crippen LogP contribution in [0.15, 0.2) is 0 Å². The Bertz CT molecular complexity index is 171. The van der Waals surface area contributed by atoms with Gasteiger partial charge in [0, 0.05) is 0 Å². The summed E-state index contributed by atoms with van der Waals surface area (Å²) < 4.78 is 33.2. The molecule has 0 rings (SSSR count). The van der Waals surface area contributed by atoms with Crippen LogP contribution >= 0.6 is 0 Å².